The van der Waals surface area contributed by atoms with E-state index in [1.807, 2.05) is 0 Å². The fourth-order valence-electron chi connectivity index (χ4n) is 6.45. The lowest BCUT2D eigenvalue weighted by molar-refractivity contribution is 0.499. The van der Waals surface area contributed by atoms with Gasteiger partial charge in [-0.25, -0.2) is 0 Å². The Labute approximate surface area is 244 Å². The number of aliphatic imine (C=N–C) groups is 1. The van der Waals surface area contributed by atoms with Crippen molar-refractivity contribution in [2.45, 2.75) is 25.8 Å². The Morgan fingerprint density at radius 3 is 1.90 bits per heavy atom. The zero-order valence-corrected chi connectivity index (χ0v) is 23.6. The second kappa shape index (κ2) is 9.78. The Bertz CT molecular complexity index is 2040. The molecule has 4 nitrogen and oxygen atoms in total. The number of nitrogens with one attached hydrogen (secondary N) is 2. The number of aromatic amines is 2. The molecular formula is C38H31N3O. The van der Waals surface area contributed by atoms with Gasteiger partial charge in [-0.15, -0.1) is 0 Å². The molecule has 0 fully saturated rings. The summed E-state index contributed by atoms with van der Waals surface area (Å²) >= 11 is 0. The van der Waals surface area contributed by atoms with E-state index in [9.17, 15) is 0 Å². The molecule has 5 aromatic rings. The summed E-state index contributed by atoms with van der Waals surface area (Å²) in [4.78, 5) is 12.8. The van der Waals surface area contributed by atoms with E-state index in [0.29, 0.717) is 0 Å². The summed E-state index contributed by atoms with van der Waals surface area (Å²) in [5.41, 5.74) is 13.5. The van der Waals surface area contributed by atoms with Crippen LogP contribution in [-0.2, 0) is 0 Å². The van der Waals surface area contributed by atoms with E-state index >= 15 is 0 Å². The van der Waals surface area contributed by atoms with Crippen LogP contribution < -0.4 is 10.8 Å². The van der Waals surface area contributed by atoms with Gasteiger partial charge in [-0.3, -0.25) is 4.99 Å². The maximum atomic E-state index is 6.79. The summed E-state index contributed by atoms with van der Waals surface area (Å²) in [7, 11) is 0. The highest BCUT2D eigenvalue weighted by molar-refractivity contribution is 6.29. The summed E-state index contributed by atoms with van der Waals surface area (Å²) < 4.78 is 6.79. The third-order valence-electron chi connectivity index (χ3n) is 8.65. The summed E-state index contributed by atoms with van der Waals surface area (Å²) in [5, 5.41) is 0. The van der Waals surface area contributed by atoms with Crippen LogP contribution in [0.2, 0.25) is 0 Å². The lowest BCUT2D eigenvalue weighted by Gasteiger charge is -2.24. The largest absolute Gasteiger partial charge is 0.456 e. The Hall–Kier alpha value is -5.09. The van der Waals surface area contributed by atoms with Gasteiger partial charge in [0.15, 0.2) is 0 Å². The zero-order chi connectivity index (χ0) is 28.2. The van der Waals surface area contributed by atoms with Gasteiger partial charge in [0.2, 0.25) is 0 Å². The van der Waals surface area contributed by atoms with E-state index in [0.717, 1.165) is 55.9 Å². The van der Waals surface area contributed by atoms with Gasteiger partial charge >= 0.3 is 0 Å². The van der Waals surface area contributed by atoms with Crippen LogP contribution in [0.5, 0.6) is 0 Å². The highest BCUT2D eigenvalue weighted by Crippen LogP contribution is 2.38. The molecule has 42 heavy (non-hydrogen) atoms. The van der Waals surface area contributed by atoms with Crippen molar-refractivity contribution in [3.63, 3.8) is 0 Å². The lowest BCUT2D eigenvalue weighted by atomic mass is 9.84. The minimum atomic E-state index is -0.0159. The first-order valence-electron chi connectivity index (χ1n) is 14.6. The number of aryl methyl sites for hydroxylation is 2. The first kappa shape index (κ1) is 24.7. The van der Waals surface area contributed by atoms with Crippen molar-refractivity contribution < 1.29 is 4.42 Å². The fraction of sp³-hybridized carbons (Fsp3) is 0.132. The van der Waals surface area contributed by atoms with Gasteiger partial charge in [0.05, 0.1) is 28.8 Å². The molecular weight excluding hydrogens is 514 g/mol. The molecule has 2 N–H and O–H groups in total. The molecule has 8 bridgehead atoms. The van der Waals surface area contributed by atoms with Gasteiger partial charge in [-0.2, -0.15) is 0 Å². The first-order valence-corrected chi connectivity index (χ1v) is 14.6. The third kappa shape index (κ3) is 4.19. The van der Waals surface area contributed by atoms with Gasteiger partial charge < -0.3 is 14.4 Å². The Morgan fingerprint density at radius 2 is 1.19 bits per heavy atom. The van der Waals surface area contributed by atoms with Gasteiger partial charge in [0.25, 0.3) is 0 Å². The smallest absolute Gasteiger partial charge is 0.137 e. The highest BCUT2D eigenvalue weighted by atomic mass is 16.3. The number of hydrogen-bond acceptors (Lipinski definition) is 2. The van der Waals surface area contributed by atoms with Crippen LogP contribution in [0.25, 0.3) is 22.5 Å². The van der Waals surface area contributed by atoms with Crippen molar-refractivity contribution in [2.24, 2.45) is 10.9 Å². The van der Waals surface area contributed by atoms with E-state index in [2.05, 4.69) is 145 Å². The molecule has 2 unspecified atom stereocenters. The van der Waals surface area contributed by atoms with E-state index in [1.54, 1.807) is 0 Å². The minimum Gasteiger partial charge on any atom is -0.456 e. The van der Waals surface area contributed by atoms with Crippen LogP contribution in [0.1, 0.15) is 39.6 Å². The molecule has 8 rings (SSSR count). The lowest BCUT2D eigenvalue weighted by Crippen LogP contribution is -2.21. The molecule has 0 amide bonds. The van der Waals surface area contributed by atoms with Crippen LogP contribution in [0, 0.1) is 19.8 Å². The second-order valence-electron chi connectivity index (χ2n) is 11.5. The standard InChI is InChI=1S/C38H31N3O/c1-23-7-11-26(12-8-23)37-32-18-16-29(40-32)28-15-17-30(39-28)36(25-5-3-4-6-25)31-19-20-33(41-31)38(35-22-21-34(37)42-35)27-13-9-24(2)10-14-27/h3-22,25,31,36,39-40H,1-2H3/b37-34-,38-35-. The maximum absolute atomic E-state index is 6.79. The average Bonchev–Trinajstić information content (AvgIpc) is 3.83. The minimum absolute atomic E-state index is 0.0159. The Balaban J connectivity index is 1.43. The fourth-order valence-corrected chi connectivity index (χ4v) is 6.45. The monoisotopic (exact) mass is 545 g/mol. The topological polar surface area (TPSA) is 57.1 Å². The number of benzene rings is 2. The summed E-state index contributed by atoms with van der Waals surface area (Å²) in [6.07, 6.45) is 13.3. The van der Waals surface area contributed by atoms with Crippen LogP contribution in [0.3, 0.4) is 0 Å². The van der Waals surface area contributed by atoms with Gasteiger partial charge in [0, 0.05) is 28.7 Å². The molecule has 3 aliphatic rings. The van der Waals surface area contributed by atoms with Crippen molar-refractivity contribution in [1.82, 2.24) is 9.97 Å². The predicted octanol–water partition coefficient (Wildman–Crippen LogP) is 6.88. The number of furan rings is 1. The molecule has 2 atom stereocenters. The predicted molar refractivity (Wildman–Crippen MR) is 170 cm³/mol. The SMILES string of the molecule is Cc1ccc(/C2=c3\cc/c(o3)=C(\c3ccc(C)cc3)c3ccc([nH]3)-c3ccc([nH]3)C(C3C=CC=C3)C3C=CC2=N3)cc1. The maximum Gasteiger partial charge on any atom is 0.137 e. The molecule has 2 aliphatic heterocycles. The van der Waals surface area contributed by atoms with Crippen molar-refractivity contribution >= 4 is 16.9 Å². The average molecular weight is 546 g/mol. The van der Waals surface area contributed by atoms with Crippen LogP contribution in [-0.4, -0.2) is 21.7 Å². The summed E-state index contributed by atoms with van der Waals surface area (Å²) in [6.45, 7) is 4.23. The van der Waals surface area contributed by atoms with E-state index in [4.69, 9.17) is 9.41 Å². The second-order valence-corrected chi connectivity index (χ2v) is 11.5. The molecule has 0 saturated heterocycles. The van der Waals surface area contributed by atoms with Gasteiger partial charge in [-0.05, 0) is 67.4 Å². The van der Waals surface area contributed by atoms with Crippen LogP contribution >= 0.6 is 0 Å². The molecule has 2 aromatic carbocycles. The van der Waals surface area contributed by atoms with Crippen LogP contribution in [0.15, 0.2) is 131 Å². The Morgan fingerprint density at radius 1 is 0.595 bits per heavy atom. The molecule has 5 heterocycles. The highest BCUT2D eigenvalue weighted by Gasteiger charge is 2.32. The third-order valence-corrected chi connectivity index (χ3v) is 8.65. The first-order chi connectivity index (χ1) is 20.6. The molecule has 0 radical (unpaired) electrons. The number of fused-ring (bicyclic) bond motifs is 8. The zero-order valence-electron chi connectivity index (χ0n) is 23.6. The van der Waals surface area contributed by atoms with Gasteiger partial charge in [0.1, 0.15) is 10.8 Å². The molecule has 4 heteroatoms. The molecule has 0 saturated carbocycles. The number of nitrogens with zero attached hydrogens (tertiary/aromatic N) is 1. The summed E-state index contributed by atoms with van der Waals surface area (Å²) in [6, 6.07) is 30.1. The van der Waals surface area contributed by atoms with E-state index < -0.39 is 0 Å². The normalized spacial score (nSPS) is 21.9. The van der Waals surface area contributed by atoms with Crippen molar-refractivity contribution in [2.75, 3.05) is 0 Å². The number of allylic oxidation sites excluding steroid dienone is 5. The van der Waals surface area contributed by atoms with E-state index in [-0.39, 0.29) is 17.9 Å². The van der Waals surface area contributed by atoms with Crippen molar-refractivity contribution in [3.8, 4) is 11.4 Å². The number of rotatable bonds is 3. The quantitative estimate of drug-likeness (QED) is 0.255. The van der Waals surface area contributed by atoms with Crippen molar-refractivity contribution in [3.05, 3.63) is 166 Å². The molecule has 3 aromatic heterocycles. The summed E-state index contributed by atoms with van der Waals surface area (Å²) in [5.74, 6) is 0.395. The molecule has 0 spiro atoms. The number of H-pyrrole nitrogens is 2. The Kier molecular flexibility index (Phi) is 5.75. The molecule has 1 aliphatic carbocycles. The van der Waals surface area contributed by atoms with Gasteiger partial charge in [-0.1, -0.05) is 90.0 Å². The van der Waals surface area contributed by atoms with Crippen molar-refractivity contribution in [1.29, 1.82) is 0 Å². The number of aromatic nitrogens is 2. The van der Waals surface area contributed by atoms with Crippen LogP contribution in [0.4, 0.5) is 0 Å². The number of hydrogen-bond donors (Lipinski definition) is 2. The molecule has 204 valence electrons. The van der Waals surface area contributed by atoms with E-state index in [1.165, 1.54) is 16.8 Å².